The second-order valence-electron chi connectivity index (χ2n) is 5.44. The van der Waals surface area contributed by atoms with Gasteiger partial charge in [-0.15, -0.1) is 0 Å². The molecule has 0 aliphatic carbocycles. The van der Waals surface area contributed by atoms with Crippen molar-refractivity contribution >= 4 is 11.7 Å². The third-order valence-corrected chi connectivity index (χ3v) is 3.61. The Morgan fingerprint density at radius 1 is 1.00 bits per heavy atom. The van der Waals surface area contributed by atoms with Gasteiger partial charge in [0.1, 0.15) is 5.84 Å². The summed E-state index contributed by atoms with van der Waals surface area (Å²) in [7, 11) is 1.76. The molecular weight excluding hydrogens is 286 g/mol. The zero-order valence-corrected chi connectivity index (χ0v) is 13.9. The van der Waals surface area contributed by atoms with Gasteiger partial charge in [0.05, 0.1) is 0 Å². The normalized spacial score (nSPS) is 11.2. The molecule has 0 bridgehead atoms. The molecule has 0 saturated carbocycles. The Bertz CT molecular complexity index is 707. The van der Waals surface area contributed by atoms with Gasteiger partial charge >= 0.3 is 0 Å². The number of hydrogen-bond acceptors (Lipinski definition) is 2. The lowest BCUT2D eigenvalue weighted by atomic mass is 10.1. The van der Waals surface area contributed by atoms with Gasteiger partial charge in [-0.1, -0.05) is 42.0 Å². The average Bonchev–Trinajstić information content (AvgIpc) is 2.56. The minimum absolute atomic E-state index is 0.0543. The van der Waals surface area contributed by atoms with E-state index in [0.29, 0.717) is 18.7 Å². The van der Waals surface area contributed by atoms with Crippen LogP contribution in [0.3, 0.4) is 0 Å². The van der Waals surface area contributed by atoms with Crippen molar-refractivity contribution in [2.75, 3.05) is 20.1 Å². The summed E-state index contributed by atoms with van der Waals surface area (Å²) < 4.78 is 0. The minimum atomic E-state index is -0.0543. The van der Waals surface area contributed by atoms with Crippen molar-refractivity contribution in [3.8, 4) is 0 Å². The van der Waals surface area contributed by atoms with Gasteiger partial charge in [0.2, 0.25) is 0 Å². The highest BCUT2D eigenvalue weighted by atomic mass is 16.1. The average molecular weight is 309 g/mol. The molecule has 4 heteroatoms. The van der Waals surface area contributed by atoms with Gasteiger partial charge in [0, 0.05) is 31.3 Å². The Labute approximate surface area is 137 Å². The molecule has 0 spiro atoms. The number of hydrogen-bond donors (Lipinski definition) is 2. The van der Waals surface area contributed by atoms with Crippen LogP contribution in [0.25, 0.3) is 0 Å². The van der Waals surface area contributed by atoms with E-state index in [2.05, 4.69) is 28.6 Å². The number of carbonyl (C=O) groups excluding carboxylic acids is 1. The molecule has 0 fully saturated rings. The molecule has 2 aromatic carbocycles. The summed E-state index contributed by atoms with van der Waals surface area (Å²) in [5.74, 6) is 0.786. The summed E-state index contributed by atoms with van der Waals surface area (Å²) in [6.45, 7) is 5.20. The van der Waals surface area contributed by atoms with Crippen LogP contribution in [0.4, 0.5) is 0 Å². The van der Waals surface area contributed by atoms with Crippen LogP contribution in [-0.4, -0.2) is 31.9 Å². The van der Waals surface area contributed by atoms with E-state index in [1.165, 1.54) is 5.56 Å². The van der Waals surface area contributed by atoms with E-state index in [-0.39, 0.29) is 5.91 Å². The first-order valence-electron chi connectivity index (χ1n) is 7.73. The fourth-order valence-corrected chi connectivity index (χ4v) is 2.38. The predicted octanol–water partition coefficient (Wildman–Crippen LogP) is 2.70. The van der Waals surface area contributed by atoms with E-state index in [1.807, 2.05) is 49.4 Å². The van der Waals surface area contributed by atoms with E-state index in [0.717, 1.165) is 17.0 Å². The third kappa shape index (κ3) is 4.68. The lowest BCUT2D eigenvalue weighted by molar-refractivity contribution is 0.0954. The second-order valence-corrected chi connectivity index (χ2v) is 5.44. The zero-order chi connectivity index (χ0) is 16.7. The largest absolute Gasteiger partial charge is 0.368 e. The number of carbonyl (C=O) groups is 1. The smallest absolute Gasteiger partial charge is 0.251 e. The number of nitrogens with one attached hydrogen (secondary N) is 2. The zero-order valence-electron chi connectivity index (χ0n) is 13.9. The van der Waals surface area contributed by atoms with Gasteiger partial charge in [-0.3, -0.25) is 9.79 Å². The number of nitrogens with zero attached hydrogens (tertiary/aromatic N) is 1. The van der Waals surface area contributed by atoms with E-state index < -0.39 is 0 Å². The van der Waals surface area contributed by atoms with Crippen molar-refractivity contribution < 1.29 is 4.79 Å². The topological polar surface area (TPSA) is 53.5 Å². The van der Waals surface area contributed by atoms with Gasteiger partial charge in [-0.2, -0.15) is 0 Å². The van der Waals surface area contributed by atoms with Crippen LogP contribution in [0.5, 0.6) is 0 Å². The van der Waals surface area contributed by atoms with Crippen LogP contribution >= 0.6 is 0 Å². The number of aliphatic imine (C=N–C) groups is 1. The summed E-state index contributed by atoms with van der Waals surface area (Å²) in [4.78, 5) is 16.4. The van der Waals surface area contributed by atoms with Crippen molar-refractivity contribution in [1.29, 1.82) is 0 Å². The highest BCUT2D eigenvalue weighted by molar-refractivity contribution is 6.00. The SMILES string of the molecule is CN=C(NCCNC(=O)c1cccc(C)c1)c1ccccc1C. The molecule has 4 nitrogen and oxygen atoms in total. The molecule has 120 valence electrons. The molecule has 2 rings (SSSR count). The molecule has 2 aromatic rings. The second kappa shape index (κ2) is 8.13. The maximum atomic E-state index is 12.1. The molecule has 0 aliphatic heterocycles. The molecule has 0 radical (unpaired) electrons. The molecular formula is C19H23N3O. The highest BCUT2D eigenvalue weighted by Crippen LogP contribution is 2.07. The Hall–Kier alpha value is -2.62. The molecule has 0 aliphatic rings. The summed E-state index contributed by atoms with van der Waals surface area (Å²) in [6, 6.07) is 15.7. The maximum absolute atomic E-state index is 12.1. The maximum Gasteiger partial charge on any atom is 0.251 e. The van der Waals surface area contributed by atoms with Crippen LogP contribution < -0.4 is 10.6 Å². The molecule has 0 atom stereocenters. The molecule has 0 unspecified atom stereocenters. The first-order chi connectivity index (χ1) is 11.1. The number of amidine groups is 1. The predicted molar refractivity (Wildman–Crippen MR) is 95.2 cm³/mol. The number of rotatable bonds is 5. The van der Waals surface area contributed by atoms with Gasteiger partial charge in [0.15, 0.2) is 0 Å². The Balaban J connectivity index is 1.85. The van der Waals surface area contributed by atoms with Crippen LogP contribution in [0, 0.1) is 13.8 Å². The van der Waals surface area contributed by atoms with E-state index in [9.17, 15) is 4.79 Å². The molecule has 23 heavy (non-hydrogen) atoms. The third-order valence-electron chi connectivity index (χ3n) is 3.61. The first kappa shape index (κ1) is 16.7. The summed E-state index contributed by atoms with van der Waals surface area (Å²) in [5.41, 5.74) is 4.02. The molecule has 0 saturated heterocycles. The summed E-state index contributed by atoms with van der Waals surface area (Å²) >= 11 is 0. The highest BCUT2D eigenvalue weighted by Gasteiger charge is 2.06. The van der Waals surface area contributed by atoms with Crippen LogP contribution in [-0.2, 0) is 0 Å². The lowest BCUT2D eigenvalue weighted by Crippen LogP contribution is -2.35. The van der Waals surface area contributed by atoms with Crippen molar-refractivity contribution in [3.63, 3.8) is 0 Å². The van der Waals surface area contributed by atoms with E-state index in [1.54, 1.807) is 7.05 Å². The van der Waals surface area contributed by atoms with Crippen molar-refractivity contribution in [3.05, 3.63) is 70.8 Å². The van der Waals surface area contributed by atoms with Crippen LogP contribution in [0.1, 0.15) is 27.0 Å². The van der Waals surface area contributed by atoms with E-state index in [4.69, 9.17) is 0 Å². The van der Waals surface area contributed by atoms with Gasteiger partial charge in [0.25, 0.3) is 5.91 Å². The van der Waals surface area contributed by atoms with Crippen LogP contribution in [0.15, 0.2) is 53.5 Å². The van der Waals surface area contributed by atoms with Gasteiger partial charge in [-0.05, 0) is 31.5 Å². The van der Waals surface area contributed by atoms with E-state index >= 15 is 0 Å². The number of aryl methyl sites for hydroxylation is 2. The number of amides is 1. The van der Waals surface area contributed by atoms with Crippen molar-refractivity contribution in [2.24, 2.45) is 4.99 Å². The summed E-state index contributed by atoms with van der Waals surface area (Å²) in [6.07, 6.45) is 0. The molecule has 2 N–H and O–H groups in total. The van der Waals surface area contributed by atoms with Crippen molar-refractivity contribution in [1.82, 2.24) is 10.6 Å². The minimum Gasteiger partial charge on any atom is -0.368 e. The fourth-order valence-electron chi connectivity index (χ4n) is 2.38. The molecule has 1 amide bonds. The van der Waals surface area contributed by atoms with Crippen LogP contribution in [0.2, 0.25) is 0 Å². The monoisotopic (exact) mass is 309 g/mol. The first-order valence-corrected chi connectivity index (χ1v) is 7.73. The lowest BCUT2D eigenvalue weighted by Gasteiger charge is -2.12. The van der Waals surface area contributed by atoms with Gasteiger partial charge < -0.3 is 10.6 Å². The Kier molecular flexibility index (Phi) is 5.92. The Morgan fingerprint density at radius 3 is 2.43 bits per heavy atom. The fraction of sp³-hybridized carbons (Fsp3) is 0.263. The quantitative estimate of drug-likeness (QED) is 0.507. The number of benzene rings is 2. The Morgan fingerprint density at radius 2 is 1.74 bits per heavy atom. The molecule has 0 aromatic heterocycles. The van der Waals surface area contributed by atoms with Crippen molar-refractivity contribution in [2.45, 2.75) is 13.8 Å². The molecule has 0 heterocycles. The summed E-state index contributed by atoms with van der Waals surface area (Å²) in [5, 5.41) is 6.20. The standard InChI is InChI=1S/C19H23N3O/c1-14-7-6-9-16(13-14)19(23)22-12-11-21-18(20-3)17-10-5-4-8-15(17)2/h4-10,13H,11-12H2,1-3H3,(H,20,21)(H,22,23). The van der Waals surface area contributed by atoms with Gasteiger partial charge in [-0.25, -0.2) is 0 Å².